The molecule has 5 rings (SSSR count). The molecule has 0 atom stereocenters. The number of benzene rings is 1. The van der Waals surface area contributed by atoms with Crippen molar-refractivity contribution in [3.05, 3.63) is 53.0 Å². The smallest absolute Gasteiger partial charge is 0.223 e. The van der Waals surface area contributed by atoms with Crippen LogP contribution in [-0.2, 0) is 11.3 Å². The van der Waals surface area contributed by atoms with E-state index >= 15 is 0 Å². The molecule has 0 bridgehead atoms. The van der Waals surface area contributed by atoms with Crippen molar-refractivity contribution in [3.8, 4) is 11.4 Å². The Morgan fingerprint density at radius 3 is 2.77 bits per heavy atom. The summed E-state index contributed by atoms with van der Waals surface area (Å²) >= 11 is 3.42. The molecule has 11 heteroatoms. The molecule has 3 aromatic heterocycles. The first-order valence-corrected chi connectivity index (χ1v) is 10.8. The molecule has 1 fully saturated rings. The van der Waals surface area contributed by atoms with Crippen LogP contribution < -0.4 is 10.2 Å². The lowest BCUT2D eigenvalue weighted by Crippen LogP contribution is -2.40. The summed E-state index contributed by atoms with van der Waals surface area (Å²) in [6.07, 6.45) is 3.13. The van der Waals surface area contributed by atoms with Gasteiger partial charge in [-0.25, -0.2) is 4.98 Å². The molecule has 0 unspecified atom stereocenters. The van der Waals surface area contributed by atoms with Gasteiger partial charge in [0.25, 0.3) is 0 Å². The first-order valence-electron chi connectivity index (χ1n) is 10.0. The molecule has 4 heterocycles. The van der Waals surface area contributed by atoms with E-state index in [1.807, 2.05) is 36.4 Å². The number of carbonyl (C=O) groups excluding carboxylic acids is 1. The molecule has 31 heavy (non-hydrogen) atoms. The van der Waals surface area contributed by atoms with Gasteiger partial charge >= 0.3 is 0 Å². The number of aromatic amines is 1. The third-order valence-electron chi connectivity index (χ3n) is 5.40. The summed E-state index contributed by atoms with van der Waals surface area (Å²) in [5.74, 6) is 2.14. The second kappa shape index (κ2) is 8.42. The van der Waals surface area contributed by atoms with Crippen LogP contribution in [0.2, 0.25) is 0 Å². The summed E-state index contributed by atoms with van der Waals surface area (Å²) in [5, 5.41) is 22.5. The molecular formula is C20H20BrN9O. The van der Waals surface area contributed by atoms with Crippen LogP contribution in [0, 0.1) is 5.92 Å². The maximum atomic E-state index is 12.6. The second-order valence-electron chi connectivity index (χ2n) is 7.42. The van der Waals surface area contributed by atoms with Gasteiger partial charge in [0.1, 0.15) is 18.0 Å². The SMILES string of the molecule is O=C(NCc1nc(-c2ccc(Br)cc2)n[nH]1)C1CCN(c2ccc3nncn3n2)CC1. The van der Waals surface area contributed by atoms with Crippen LogP contribution in [0.25, 0.3) is 17.0 Å². The van der Waals surface area contributed by atoms with E-state index in [2.05, 4.69) is 56.6 Å². The summed E-state index contributed by atoms with van der Waals surface area (Å²) in [4.78, 5) is 19.3. The van der Waals surface area contributed by atoms with Gasteiger partial charge in [-0.1, -0.05) is 28.1 Å². The topological polar surface area (TPSA) is 117 Å². The van der Waals surface area contributed by atoms with Gasteiger partial charge in [-0.3, -0.25) is 9.89 Å². The minimum absolute atomic E-state index is 0.0243. The van der Waals surface area contributed by atoms with Crippen LogP contribution in [0.1, 0.15) is 18.7 Å². The fourth-order valence-electron chi connectivity index (χ4n) is 3.68. The molecule has 4 aromatic rings. The number of fused-ring (bicyclic) bond motifs is 1. The molecule has 1 saturated heterocycles. The van der Waals surface area contributed by atoms with Crippen molar-refractivity contribution in [1.29, 1.82) is 0 Å². The standard InChI is InChI=1S/C20H20BrN9O/c21-15-3-1-13(2-4-15)19-24-16(25-27-19)11-22-20(31)14-7-9-29(10-8-14)18-6-5-17-26-23-12-30(17)28-18/h1-6,12,14H,7-11H2,(H,22,31)(H,24,25,27). The Morgan fingerprint density at radius 1 is 1.16 bits per heavy atom. The number of piperidine rings is 1. The van der Waals surface area contributed by atoms with E-state index in [1.54, 1.807) is 10.8 Å². The predicted molar refractivity (Wildman–Crippen MR) is 117 cm³/mol. The number of hydrogen-bond donors (Lipinski definition) is 2. The molecule has 2 N–H and O–H groups in total. The van der Waals surface area contributed by atoms with Crippen molar-refractivity contribution in [2.75, 3.05) is 18.0 Å². The van der Waals surface area contributed by atoms with Crippen molar-refractivity contribution < 1.29 is 4.79 Å². The lowest BCUT2D eigenvalue weighted by atomic mass is 9.96. The zero-order valence-corrected chi connectivity index (χ0v) is 18.2. The number of amides is 1. The van der Waals surface area contributed by atoms with E-state index in [1.165, 1.54) is 0 Å². The molecule has 1 aliphatic heterocycles. The van der Waals surface area contributed by atoms with Crippen LogP contribution >= 0.6 is 15.9 Å². The Hall–Kier alpha value is -3.34. The summed E-state index contributed by atoms with van der Waals surface area (Å²) < 4.78 is 2.66. The van der Waals surface area contributed by atoms with Gasteiger partial charge < -0.3 is 10.2 Å². The third kappa shape index (κ3) is 4.26. The Kier molecular flexibility index (Phi) is 5.33. The quantitative estimate of drug-likeness (QED) is 0.448. The van der Waals surface area contributed by atoms with Crippen molar-refractivity contribution in [2.45, 2.75) is 19.4 Å². The monoisotopic (exact) mass is 481 g/mol. The van der Waals surface area contributed by atoms with E-state index in [0.29, 0.717) is 23.8 Å². The maximum absolute atomic E-state index is 12.6. The van der Waals surface area contributed by atoms with Gasteiger partial charge in [-0.15, -0.1) is 15.3 Å². The number of carbonyl (C=O) groups is 1. The number of aromatic nitrogens is 7. The van der Waals surface area contributed by atoms with Crippen molar-refractivity contribution in [2.24, 2.45) is 5.92 Å². The number of rotatable bonds is 5. The van der Waals surface area contributed by atoms with Crippen LogP contribution in [0.15, 0.2) is 47.2 Å². The molecule has 10 nitrogen and oxygen atoms in total. The first-order chi connectivity index (χ1) is 15.2. The molecule has 0 saturated carbocycles. The van der Waals surface area contributed by atoms with Gasteiger partial charge in [0.2, 0.25) is 5.91 Å². The average molecular weight is 482 g/mol. The molecule has 0 spiro atoms. The highest BCUT2D eigenvalue weighted by Crippen LogP contribution is 2.22. The highest BCUT2D eigenvalue weighted by molar-refractivity contribution is 9.10. The minimum Gasteiger partial charge on any atom is -0.355 e. The molecule has 1 aromatic carbocycles. The summed E-state index contributed by atoms with van der Waals surface area (Å²) in [6.45, 7) is 1.87. The summed E-state index contributed by atoms with van der Waals surface area (Å²) in [6, 6.07) is 11.6. The fourth-order valence-corrected chi connectivity index (χ4v) is 3.94. The predicted octanol–water partition coefficient (Wildman–Crippen LogP) is 2.20. The highest BCUT2D eigenvalue weighted by Gasteiger charge is 2.26. The minimum atomic E-state index is -0.0243. The van der Waals surface area contributed by atoms with E-state index in [-0.39, 0.29) is 11.8 Å². The number of nitrogens with zero attached hydrogens (tertiary/aromatic N) is 7. The normalized spacial score (nSPS) is 14.8. The third-order valence-corrected chi connectivity index (χ3v) is 5.93. The number of H-pyrrole nitrogens is 1. The molecule has 158 valence electrons. The molecule has 1 amide bonds. The maximum Gasteiger partial charge on any atom is 0.223 e. The van der Waals surface area contributed by atoms with Gasteiger partial charge in [0.15, 0.2) is 11.5 Å². The Bertz CT molecular complexity index is 1190. The zero-order valence-electron chi connectivity index (χ0n) is 16.6. The lowest BCUT2D eigenvalue weighted by Gasteiger charge is -2.31. The Balaban J connectivity index is 1.14. The average Bonchev–Trinajstić information content (AvgIpc) is 3.47. The van der Waals surface area contributed by atoms with Crippen LogP contribution in [0.3, 0.4) is 0 Å². The zero-order chi connectivity index (χ0) is 21.2. The number of nitrogens with one attached hydrogen (secondary N) is 2. The second-order valence-corrected chi connectivity index (χ2v) is 8.33. The van der Waals surface area contributed by atoms with Gasteiger partial charge in [0, 0.05) is 29.0 Å². The Labute approximate surface area is 186 Å². The Morgan fingerprint density at radius 2 is 1.97 bits per heavy atom. The summed E-state index contributed by atoms with van der Waals surface area (Å²) in [7, 11) is 0. The lowest BCUT2D eigenvalue weighted by molar-refractivity contribution is -0.125. The molecule has 1 aliphatic rings. The van der Waals surface area contributed by atoms with Gasteiger partial charge in [-0.2, -0.15) is 9.61 Å². The van der Waals surface area contributed by atoms with E-state index in [0.717, 1.165) is 41.8 Å². The number of anilines is 1. The van der Waals surface area contributed by atoms with E-state index in [4.69, 9.17) is 0 Å². The largest absolute Gasteiger partial charge is 0.355 e. The van der Waals surface area contributed by atoms with E-state index < -0.39 is 0 Å². The molecule has 0 aliphatic carbocycles. The van der Waals surface area contributed by atoms with Crippen LogP contribution in [-0.4, -0.2) is 54.0 Å². The number of halogens is 1. The fraction of sp³-hybridized carbons (Fsp3) is 0.300. The van der Waals surface area contributed by atoms with Gasteiger partial charge in [0.05, 0.1) is 6.54 Å². The highest BCUT2D eigenvalue weighted by atomic mass is 79.9. The van der Waals surface area contributed by atoms with Gasteiger partial charge in [-0.05, 0) is 37.1 Å². The first kappa shape index (κ1) is 19.6. The van der Waals surface area contributed by atoms with Crippen molar-refractivity contribution >= 4 is 33.3 Å². The van der Waals surface area contributed by atoms with Crippen molar-refractivity contribution in [1.82, 2.24) is 40.3 Å². The van der Waals surface area contributed by atoms with Crippen molar-refractivity contribution in [3.63, 3.8) is 0 Å². The van der Waals surface area contributed by atoms with Crippen LogP contribution in [0.5, 0.6) is 0 Å². The molecular weight excluding hydrogens is 462 g/mol. The molecule has 0 radical (unpaired) electrons. The summed E-state index contributed by atoms with van der Waals surface area (Å²) in [5.41, 5.74) is 1.64. The van der Waals surface area contributed by atoms with Crippen LogP contribution in [0.4, 0.5) is 5.82 Å². The van der Waals surface area contributed by atoms with E-state index in [9.17, 15) is 4.79 Å². The number of hydrogen-bond acceptors (Lipinski definition) is 7.